The highest BCUT2D eigenvalue weighted by molar-refractivity contribution is 6.35. The van der Waals surface area contributed by atoms with Crippen LogP contribution in [-0.4, -0.2) is 27.0 Å². The van der Waals surface area contributed by atoms with Crippen LogP contribution in [0.4, 0.5) is 0 Å². The van der Waals surface area contributed by atoms with Gasteiger partial charge in [-0.15, -0.1) is 0 Å². The fourth-order valence-corrected chi connectivity index (χ4v) is 1.69. The van der Waals surface area contributed by atoms with Crippen LogP contribution in [0.3, 0.4) is 0 Å². The van der Waals surface area contributed by atoms with E-state index in [1.807, 2.05) is 0 Å². The Morgan fingerprint density at radius 1 is 1.38 bits per heavy atom. The van der Waals surface area contributed by atoms with Crippen molar-refractivity contribution >= 4 is 17.6 Å². The zero-order valence-electron chi connectivity index (χ0n) is 8.70. The van der Waals surface area contributed by atoms with Crippen LogP contribution in [0.15, 0.2) is 6.07 Å². The van der Waals surface area contributed by atoms with E-state index in [4.69, 9.17) is 25.8 Å². The third kappa shape index (κ3) is 1.53. The zero-order valence-corrected chi connectivity index (χ0v) is 9.46. The van der Waals surface area contributed by atoms with Crippen molar-refractivity contribution in [3.63, 3.8) is 0 Å². The molecule has 0 fully saturated rings. The van der Waals surface area contributed by atoms with E-state index in [9.17, 15) is 4.79 Å². The summed E-state index contributed by atoms with van der Waals surface area (Å²) in [5.41, 5.74) is 0.185. The van der Waals surface area contributed by atoms with E-state index in [0.29, 0.717) is 17.2 Å². The lowest BCUT2D eigenvalue weighted by molar-refractivity contribution is 0.0600. The number of rotatable bonds is 2. The number of esters is 1. The van der Waals surface area contributed by atoms with Gasteiger partial charge in [0.1, 0.15) is 5.02 Å². The Morgan fingerprint density at radius 2 is 2.06 bits per heavy atom. The predicted molar refractivity (Wildman–Crippen MR) is 55.5 cm³/mol. The highest BCUT2D eigenvalue weighted by atomic mass is 35.5. The highest BCUT2D eigenvalue weighted by Gasteiger charge is 2.27. The summed E-state index contributed by atoms with van der Waals surface area (Å²) >= 11 is 6.00. The highest BCUT2D eigenvalue weighted by Crippen LogP contribution is 2.47. The van der Waals surface area contributed by atoms with Gasteiger partial charge in [-0.2, -0.15) is 0 Å². The van der Waals surface area contributed by atoms with Gasteiger partial charge in [0.2, 0.25) is 12.5 Å². The third-order valence-electron chi connectivity index (χ3n) is 2.17. The molecule has 6 heteroatoms. The van der Waals surface area contributed by atoms with Crippen LogP contribution in [0.25, 0.3) is 0 Å². The molecule has 2 rings (SSSR count). The van der Waals surface area contributed by atoms with Crippen LogP contribution in [0.2, 0.25) is 5.02 Å². The summed E-state index contributed by atoms with van der Waals surface area (Å²) < 4.78 is 20.0. The van der Waals surface area contributed by atoms with Gasteiger partial charge < -0.3 is 18.9 Å². The second kappa shape index (κ2) is 4.09. The average Bonchev–Trinajstić information content (AvgIpc) is 2.78. The fraction of sp³-hybridized carbons (Fsp3) is 0.300. The van der Waals surface area contributed by atoms with Crippen molar-refractivity contribution in [1.29, 1.82) is 0 Å². The van der Waals surface area contributed by atoms with Crippen molar-refractivity contribution in [3.8, 4) is 17.2 Å². The van der Waals surface area contributed by atoms with E-state index >= 15 is 0 Å². The molecular formula is C10H9ClO5. The molecule has 0 N–H and O–H groups in total. The number of hydrogen-bond acceptors (Lipinski definition) is 5. The summed E-state index contributed by atoms with van der Waals surface area (Å²) in [5, 5.41) is 0.167. The van der Waals surface area contributed by atoms with Gasteiger partial charge in [0.15, 0.2) is 11.5 Å². The van der Waals surface area contributed by atoms with E-state index in [-0.39, 0.29) is 17.4 Å². The molecule has 1 aromatic carbocycles. The topological polar surface area (TPSA) is 54.0 Å². The second-order valence-electron chi connectivity index (χ2n) is 3.00. The lowest BCUT2D eigenvalue weighted by Gasteiger charge is -2.09. The van der Waals surface area contributed by atoms with Gasteiger partial charge in [0, 0.05) is 6.07 Å². The standard InChI is InChI=1S/C10H9ClO5/c1-13-6-3-5(10(12)14-2)7(11)9-8(6)15-4-16-9/h3H,4H2,1-2H3. The minimum Gasteiger partial charge on any atom is -0.493 e. The fourth-order valence-electron chi connectivity index (χ4n) is 1.42. The Kier molecular flexibility index (Phi) is 2.78. The van der Waals surface area contributed by atoms with Gasteiger partial charge in [-0.1, -0.05) is 11.6 Å². The molecule has 0 amide bonds. The van der Waals surface area contributed by atoms with Gasteiger partial charge in [0.05, 0.1) is 19.8 Å². The molecule has 0 bridgehead atoms. The largest absolute Gasteiger partial charge is 0.493 e. The van der Waals surface area contributed by atoms with Gasteiger partial charge in [-0.25, -0.2) is 4.79 Å². The van der Waals surface area contributed by atoms with Crippen LogP contribution in [0.1, 0.15) is 10.4 Å². The maximum Gasteiger partial charge on any atom is 0.339 e. The molecule has 0 radical (unpaired) electrons. The number of carbonyl (C=O) groups excluding carboxylic acids is 1. The van der Waals surface area contributed by atoms with Crippen LogP contribution in [-0.2, 0) is 4.74 Å². The van der Waals surface area contributed by atoms with E-state index in [2.05, 4.69) is 4.74 Å². The summed E-state index contributed by atoms with van der Waals surface area (Å²) in [6.45, 7) is 0.0516. The number of fused-ring (bicyclic) bond motifs is 1. The molecule has 0 aromatic heterocycles. The lowest BCUT2D eigenvalue weighted by atomic mass is 10.2. The Morgan fingerprint density at radius 3 is 2.69 bits per heavy atom. The molecule has 86 valence electrons. The molecule has 1 heterocycles. The zero-order chi connectivity index (χ0) is 11.7. The number of benzene rings is 1. The summed E-state index contributed by atoms with van der Waals surface area (Å²) in [5.74, 6) is 0.542. The number of hydrogen-bond donors (Lipinski definition) is 0. The first kappa shape index (κ1) is 10.9. The number of halogens is 1. The van der Waals surface area contributed by atoms with E-state index < -0.39 is 5.97 Å². The lowest BCUT2D eigenvalue weighted by Crippen LogP contribution is -2.03. The van der Waals surface area contributed by atoms with E-state index in [1.54, 1.807) is 0 Å². The Hall–Kier alpha value is -1.62. The van der Waals surface area contributed by atoms with Crippen molar-refractivity contribution in [3.05, 3.63) is 16.7 Å². The van der Waals surface area contributed by atoms with E-state index in [1.165, 1.54) is 20.3 Å². The van der Waals surface area contributed by atoms with Gasteiger partial charge in [-0.3, -0.25) is 0 Å². The van der Waals surface area contributed by atoms with E-state index in [0.717, 1.165) is 0 Å². The monoisotopic (exact) mass is 244 g/mol. The first-order chi connectivity index (χ1) is 7.69. The minimum atomic E-state index is -0.554. The van der Waals surface area contributed by atoms with Crippen molar-refractivity contribution in [2.24, 2.45) is 0 Å². The normalized spacial score (nSPS) is 12.4. The summed E-state index contributed by atoms with van der Waals surface area (Å²) in [6.07, 6.45) is 0. The Balaban J connectivity index is 2.60. The maximum absolute atomic E-state index is 11.4. The first-order valence-electron chi connectivity index (χ1n) is 4.43. The third-order valence-corrected chi connectivity index (χ3v) is 2.55. The molecule has 0 saturated heterocycles. The molecule has 0 spiro atoms. The smallest absolute Gasteiger partial charge is 0.339 e. The minimum absolute atomic E-state index is 0.0516. The van der Waals surface area contributed by atoms with Crippen LogP contribution in [0.5, 0.6) is 17.2 Å². The molecule has 0 saturated carbocycles. The van der Waals surface area contributed by atoms with Crippen molar-refractivity contribution in [2.45, 2.75) is 0 Å². The molecule has 5 nitrogen and oxygen atoms in total. The second-order valence-corrected chi connectivity index (χ2v) is 3.37. The summed E-state index contributed by atoms with van der Waals surface area (Å²) in [6, 6.07) is 1.46. The Labute approximate surface area is 96.8 Å². The number of methoxy groups -OCH3 is 2. The van der Waals surface area contributed by atoms with Crippen molar-refractivity contribution in [2.75, 3.05) is 21.0 Å². The quantitative estimate of drug-likeness (QED) is 0.744. The molecule has 1 aliphatic heterocycles. The molecule has 1 aromatic rings. The van der Waals surface area contributed by atoms with Crippen molar-refractivity contribution in [1.82, 2.24) is 0 Å². The first-order valence-corrected chi connectivity index (χ1v) is 4.81. The van der Waals surface area contributed by atoms with Crippen molar-refractivity contribution < 1.29 is 23.7 Å². The van der Waals surface area contributed by atoms with Crippen LogP contribution in [0, 0.1) is 0 Å². The molecule has 16 heavy (non-hydrogen) atoms. The average molecular weight is 245 g/mol. The van der Waals surface area contributed by atoms with Gasteiger partial charge in [0.25, 0.3) is 0 Å². The molecule has 0 aliphatic carbocycles. The molecule has 1 aliphatic rings. The van der Waals surface area contributed by atoms with Gasteiger partial charge in [-0.05, 0) is 0 Å². The van der Waals surface area contributed by atoms with Crippen LogP contribution < -0.4 is 14.2 Å². The van der Waals surface area contributed by atoms with Crippen LogP contribution >= 0.6 is 11.6 Å². The number of ether oxygens (including phenoxy) is 4. The molecule has 0 atom stereocenters. The maximum atomic E-state index is 11.4. The summed E-state index contributed by atoms with van der Waals surface area (Å²) in [7, 11) is 2.74. The predicted octanol–water partition coefficient (Wildman–Crippen LogP) is 1.86. The molecular weight excluding hydrogens is 236 g/mol. The number of carbonyl (C=O) groups is 1. The molecule has 0 unspecified atom stereocenters. The Bertz CT molecular complexity index is 443. The summed E-state index contributed by atoms with van der Waals surface area (Å²) in [4.78, 5) is 11.4. The van der Waals surface area contributed by atoms with Gasteiger partial charge >= 0.3 is 5.97 Å². The SMILES string of the molecule is COC(=O)c1cc(OC)c2c(c1Cl)OCO2.